The molecule has 0 radical (unpaired) electrons. The van der Waals surface area contributed by atoms with E-state index in [9.17, 15) is 9.59 Å². The molecule has 0 aromatic heterocycles. The van der Waals surface area contributed by atoms with Crippen molar-refractivity contribution in [3.05, 3.63) is 42.1 Å². The van der Waals surface area contributed by atoms with Crippen molar-refractivity contribution in [1.29, 1.82) is 0 Å². The zero-order chi connectivity index (χ0) is 20.2. The second kappa shape index (κ2) is 6.72. The van der Waals surface area contributed by atoms with Crippen LogP contribution >= 0.6 is 0 Å². The lowest BCUT2D eigenvalue weighted by molar-refractivity contribution is -0.127. The number of hydrogen-bond acceptors (Lipinski definition) is 3. The molecule has 1 saturated heterocycles. The molecule has 4 aliphatic rings. The zero-order valence-corrected chi connectivity index (χ0v) is 17.5. The second-order valence-corrected chi connectivity index (χ2v) is 10.2. The lowest BCUT2D eigenvalue weighted by Crippen LogP contribution is -2.57. The molecule has 0 spiro atoms. The molecule has 1 amide bonds. The average Bonchev–Trinajstić information content (AvgIpc) is 3.06. The van der Waals surface area contributed by atoms with E-state index in [2.05, 4.69) is 24.5 Å². The number of allylic oxidation sites excluding steroid dienone is 2. The molecule has 1 heterocycles. The molecule has 6 atom stereocenters. The van der Waals surface area contributed by atoms with Crippen LogP contribution in [0, 0.1) is 34.5 Å². The maximum absolute atomic E-state index is 13.2. The Bertz CT molecular complexity index is 863. The maximum atomic E-state index is 13.2. The van der Waals surface area contributed by atoms with E-state index in [0.29, 0.717) is 24.2 Å². The Morgan fingerprint density at radius 3 is 2.66 bits per heavy atom. The molecule has 3 fully saturated rings. The van der Waals surface area contributed by atoms with Gasteiger partial charge in [-0.3, -0.25) is 9.59 Å². The molecular formula is C25H32N2O2. The van der Waals surface area contributed by atoms with Crippen LogP contribution in [0.15, 0.2) is 42.1 Å². The minimum Gasteiger partial charge on any atom is -0.387 e. The van der Waals surface area contributed by atoms with Gasteiger partial charge in [0, 0.05) is 41.8 Å². The first-order chi connectivity index (χ1) is 13.9. The van der Waals surface area contributed by atoms with Crippen molar-refractivity contribution in [3.63, 3.8) is 0 Å². The number of fused-ring (bicyclic) bond motifs is 5. The van der Waals surface area contributed by atoms with Crippen molar-refractivity contribution < 1.29 is 9.59 Å². The Morgan fingerprint density at radius 2 is 1.86 bits per heavy atom. The number of ketones is 1. The molecule has 4 heteroatoms. The van der Waals surface area contributed by atoms with Crippen molar-refractivity contribution in [2.24, 2.45) is 34.5 Å². The largest absolute Gasteiger partial charge is 0.387 e. The predicted octanol–water partition coefficient (Wildman–Crippen LogP) is 4.54. The van der Waals surface area contributed by atoms with Crippen molar-refractivity contribution in [1.82, 2.24) is 5.32 Å². The van der Waals surface area contributed by atoms with Crippen LogP contribution in [-0.4, -0.2) is 18.2 Å². The van der Waals surface area contributed by atoms with Gasteiger partial charge in [-0.1, -0.05) is 32.0 Å². The first-order valence-corrected chi connectivity index (χ1v) is 11.3. The number of benzene rings is 1. The number of carbonyl (C=O) groups excluding carboxylic acids is 2. The summed E-state index contributed by atoms with van der Waals surface area (Å²) in [6, 6.07) is 9.84. The van der Waals surface area contributed by atoms with Crippen LogP contribution in [0.25, 0.3) is 0 Å². The summed E-state index contributed by atoms with van der Waals surface area (Å²) in [7, 11) is 0. The first kappa shape index (κ1) is 18.9. The summed E-state index contributed by atoms with van der Waals surface area (Å²) in [5.74, 6) is 2.35. The monoisotopic (exact) mass is 392 g/mol. The molecule has 1 aromatic carbocycles. The van der Waals surface area contributed by atoms with Crippen molar-refractivity contribution in [3.8, 4) is 0 Å². The Kier molecular flexibility index (Phi) is 4.38. The van der Waals surface area contributed by atoms with Crippen LogP contribution in [0.5, 0.6) is 0 Å². The van der Waals surface area contributed by atoms with E-state index in [1.54, 1.807) is 0 Å². The SMILES string of the molecule is C[C@]12CC[C@H]3[C@@H](CNC4=CC(=O)CC[C@@]43C)[C@@H]1CC[C@@H]2C(=O)Nc1ccccc1. The van der Waals surface area contributed by atoms with Crippen LogP contribution in [0.3, 0.4) is 0 Å². The number of nitrogens with one attached hydrogen (secondary N) is 2. The second-order valence-electron chi connectivity index (χ2n) is 10.2. The standard InChI is InChI=1S/C25H32N2O2/c1-24-13-11-20-18(15-26-22-14-17(28)10-12-25(20,22)2)19(24)8-9-21(24)23(29)27-16-6-4-3-5-7-16/h3-7,14,18-21,26H,8-13,15H2,1-2H3,(H,27,29)/t18-,19-,20-,21+,24-,25+/m0/s1. The van der Waals surface area contributed by atoms with Gasteiger partial charge in [-0.05, 0) is 67.4 Å². The van der Waals surface area contributed by atoms with Crippen molar-refractivity contribution in [2.45, 2.75) is 52.4 Å². The van der Waals surface area contributed by atoms with E-state index in [4.69, 9.17) is 0 Å². The van der Waals surface area contributed by atoms with Gasteiger partial charge < -0.3 is 10.6 Å². The summed E-state index contributed by atoms with van der Waals surface area (Å²) in [6.45, 7) is 5.69. The molecule has 1 aromatic rings. The van der Waals surface area contributed by atoms with Gasteiger partial charge in [0.25, 0.3) is 0 Å². The average molecular weight is 393 g/mol. The molecule has 5 rings (SSSR count). The lowest BCUT2D eigenvalue weighted by Gasteiger charge is -2.58. The highest BCUT2D eigenvalue weighted by atomic mass is 16.2. The number of piperidine rings is 1. The number of amides is 1. The maximum Gasteiger partial charge on any atom is 0.228 e. The van der Waals surface area contributed by atoms with Gasteiger partial charge in [0.1, 0.15) is 0 Å². The highest BCUT2D eigenvalue weighted by molar-refractivity contribution is 5.93. The fourth-order valence-corrected chi connectivity index (χ4v) is 7.33. The minimum absolute atomic E-state index is 0.0732. The number of hydrogen-bond donors (Lipinski definition) is 2. The van der Waals surface area contributed by atoms with E-state index in [-0.39, 0.29) is 28.4 Å². The van der Waals surface area contributed by atoms with Gasteiger partial charge >= 0.3 is 0 Å². The van der Waals surface area contributed by atoms with Gasteiger partial charge in [0.05, 0.1) is 0 Å². The van der Waals surface area contributed by atoms with Gasteiger partial charge in [-0.25, -0.2) is 0 Å². The zero-order valence-electron chi connectivity index (χ0n) is 17.5. The Labute approximate surface area is 173 Å². The third kappa shape index (κ3) is 2.86. The van der Waals surface area contributed by atoms with Crippen molar-refractivity contribution in [2.75, 3.05) is 11.9 Å². The summed E-state index contributed by atoms with van der Waals surface area (Å²) in [4.78, 5) is 25.1. The quantitative estimate of drug-likeness (QED) is 0.777. The normalized spacial score (nSPS) is 40.8. The van der Waals surface area contributed by atoms with E-state index < -0.39 is 0 Å². The summed E-state index contributed by atoms with van der Waals surface area (Å²) < 4.78 is 0. The van der Waals surface area contributed by atoms with Crippen LogP contribution in [0.4, 0.5) is 5.69 Å². The minimum atomic E-state index is 0.0732. The van der Waals surface area contributed by atoms with Crippen LogP contribution < -0.4 is 10.6 Å². The number of rotatable bonds is 2. The van der Waals surface area contributed by atoms with Crippen LogP contribution in [-0.2, 0) is 9.59 Å². The fourth-order valence-electron chi connectivity index (χ4n) is 7.33. The first-order valence-electron chi connectivity index (χ1n) is 11.3. The molecule has 3 aliphatic carbocycles. The molecule has 0 bridgehead atoms. The molecule has 2 saturated carbocycles. The number of anilines is 1. The highest BCUT2D eigenvalue weighted by Gasteiger charge is 2.60. The lowest BCUT2D eigenvalue weighted by atomic mass is 9.50. The molecule has 154 valence electrons. The summed E-state index contributed by atoms with van der Waals surface area (Å²) >= 11 is 0. The van der Waals surface area contributed by atoms with E-state index in [1.165, 1.54) is 5.70 Å². The molecular weight excluding hydrogens is 360 g/mol. The molecule has 4 nitrogen and oxygen atoms in total. The third-order valence-electron chi connectivity index (χ3n) is 8.95. The van der Waals surface area contributed by atoms with E-state index in [1.807, 2.05) is 36.4 Å². The summed E-state index contributed by atoms with van der Waals surface area (Å²) in [6.07, 6.45) is 7.92. The smallest absolute Gasteiger partial charge is 0.228 e. The van der Waals surface area contributed by atoms with Crippen LogP contribution in [0.1, 0.15) is 52.4 Å². The van der Waals surface area contributed by atoms with E-state index in [0.717, 1.165) is 44.3 Å². The Morgan fingerprint density at radius 1 is 1.07 bits per heavy atom. The van der Waals surface area contributed by atoms with Gasteiger partial charge in [0.2, 0.25) is 5.91 Å². The highest BCUT2D eigenvalue weighted by Crippen LogP contribution is 2.64. The van der Waals surface area contributed by atoms with Crippen LogP contribution in [0.2, 0.25) is 0 Å². The topological polar surface area (TPSA) is 58.2 Å². The Hall–Kier alpha value is -2.10. The van der Waals surface area contributed by atoms with Gasteiger partial charge in [-0.15, -0.1) is 0 Å². The third-order valence-corrected chi connectivity index (χ3v) is 8.95. The number of carbonyl (C=O) groups is 2. The molecule has 29 heavy (non-hydrogen) atoms. The molecule has 0 unspecified atom stereocenters. The summed E-state index contributed by atoms with van der Waals surface area (Å²) in [5.41, 5.74) is 2.24. The Balaban J connectivity index is 1.38. The number of para-hydroxylation sites is 1. The summed E-state index contributed by atoms with van der Waals surface area (Å²) in [5, 5.41) is 6.82. The van der Waals surface area contributed by atoms with Gasteiger partial charge in [-0.2, -0.15) is 0 Å². The van der Waals surface area contributed by atoms with E-state index >= 15 is 0 Å². The van der Waals surface area contributed by atoms with Gasteiger partial charge in [0.15, 0.2) is 5.78 Å². The molecule has 2 N–H and O–H groups in total. The van der Waals surface area contributed by atoms with Crippen molar-refractivity contribution >= 4 is 17.4 Å². The predicted molar refractivity (Wildman–Crippen MR) is 114 cm³/mol. The fraction of sp³-hybridized carbons (Fsp3) is 0.600. The molecule has 1 aliphatic heterocycles.